The number of ether oxygens (including phenoxy) is 1. The van der Waals surface area contributed by atoms with Gasteiger partial charge < -0.3 is 15.2 Å². The fraction of sp³-hybridized carbons (Fsp3) is 0.357. The number of thioether (sulfide) groups is 1. The van der Waals surface area contributed by atoms with Gasteiger partial charge in [-0.2, -0.15) is 0 Å². The van der Waals surface area contributed by atoms with E-state index >= 15 is 0 Å². The normalized spacial score (nSPS) is 15.0. The zero-order chi connectivity index (χ0) is 25.8. The largest absolute Gasteiger partial charge is 0.494 e. The lowest BCUT2D eigenvalue weighted by atomic mass is 9.97. The lowest BCUT2D eigenvalue weighted by Crippen LogP contribution is -2.26. The van der Waals surface area contributed by atoms with Crippen LogP contribution in [0.25, 0.3) is 5.57 Å². The Kier molecular flexibility index (Phi) is 11.7. The first kappa shape index (κ1) is 28.3. The highest BCUT2D eigenvalue weighted by molar-refractivity contribution is 7.99. The molecule has 1 aliphatic carbocycles. The number of aliphatic imine (C=N–C) groups is 1. The van der Waals surface area contributed by atoms with E-state index in [0.29, 0.717) is 23.5 Å². The third-order valence-corrected chi connectivity index (χ3v) is 6.73. The summed E-state index contributed by atoms with van der Waals surface area (Å²) in [4.78, 5) is 18.4. The number of allylic oxidation sites excluding steroid dienone is 4. The van der Waals surface area contributed by atoms with Gasteiger partial charge in [0.2, 0.25) is 0 Å². The van der Waals surface area contributed by atoms with Crippen molar-refractivity contribution in [1.29, 1.82) is 0 Å². The number of carbonyl (C=O) groups is 1. The molecule has 1 aliphatic rings. The van der Waals surface area contributed by atoms with Crippen LogP contribution in [-0.4, -0.2) is 43.2 Å². The highest BCUT2D eigenvalue weighted by Gasteiger charge is 2.17. The molecule has 0 unspecified atom stereocenters. The van der Waals surface area contributed by atoms with E-state index in [-0.39, 0.29) is 24.8 Å². The fourth-order valence-corrected chi connectivity index (χ4v) is 4.35. The van der Waals surface area contributed by atoms with Crippen LogP contribution in [0.15, 0.2) is 81.3 Å². The van der Waals surface area contributed by atoms with Gasteiger partial charge in [0.25, 0.3) is 5.91 Å². The van der Waals surface area contributed by atoms with Gasteiger partial charge in [-0.25, -0.2) is 4.39 Å². The predicted molar refractivity (Wildman–Crippen MR) is 144 cm³/mol. The smallest absolute Gasteiger partial charge is 0.252 e. The summed E-state index contributed by atoms with van der Waals surface area (Å²) in [7, 11) is 1.43. The molecule has 0 saturated carbocycles. The molecule has 0 bridgehead atoms. The highest BCUT2D eigenvalue weighted by atomic mass is 32.2. The second-order valence-corrected chi connectivity index (χ2v) is 9.36. The Balaban J connectivity index is 2.38. The van der Waals surface area contributed by atoms with Crippen LogP contribution in [0.1, 0.15) is 50.0 Å². The average molecular weight is 499 g/mol. The number of aliphatic hydroxyl groups is 1. The number of nitrogens with zero attached hydrogens (tertiary/aromatic N) is 1. The predicted octanol–water partition coefficient (Wildman–Crippen LogP) is 6.25. The monoisotopic (exact) mass is 498 g/mol. The summed E-state index contributed by atoms with van der Waals surface area (Å²) in [5, 5.41) is 12.8. The van der Waals surface area contributed by atoms with Crippen molar-refractivity contribution in [3.63, 3.8) is 0 Å². The second kappa shape index (κ2) is 14.5. The minimum atomic E-state index is -0.463. The van der Waals surface area contributed by atoms with Crippen molar-refractivity contribution in [2.75, 3.05) is 26.0 Å². The maximum Gasteiger partial charge on any atom is 0.252 e. The van der Waals surface area contributed by atoms with Gasteiger partial charge in [-0.05, 0) is 67.2 Å². The molecule has 188 valence electrons. The van der Waals surface area contributed by atoms with Crippen LogP contribution in [0.3, 0.4) is 0 Å². The van der Waals surface area contributed by atoms with Gasteiger partial charge >= 0.3 is 0 Å². The fourth-order valence-electron chi connectivity index (χ4n) is 3.37. The van der Waals surface area contributed by atoms with Gasteiger partial charge in [-0.15, -0.1) is 11.8 Å². The van der Waals surface area contributed by atoms with Crippen LogP contribution in [0, 0.1) is 5.92 Å². The molecule has 1 amide bonds. The molecular weight excluding hydrogens is 463 g/mol. The minimum Gasteiger partial charge on any atom is -0.494 e. The molecule has 0 radical (unpaired) electrons. The van der Waals surface area contributed by atoms with Gasteiger partial charge in [0.05, 0.1) is 19.3 Å². The van der Waals surface area contributed by atoms with Gasteiger partial charge in [0.15, 0.2) is 11.6 Å². The van der Waals surface area contributed by atoms with Crippen LogP contribution < -0.4 is 5.32 Å². The zero-order valence-electron chi connectivity index (χ0n) is 21.1. The number of aliphatic hydroxyl groups excluding tert-OH is 1. The first-order valence-electron chi connectivity index (χ1n) is 11.6. The van der Waals surface area contributed by atoms with Crippen LogP contribution >= 0.6 is 11.8 Å². The first-order valence-corrected chi connectivity index (χ1v) is 12.6. The Morgan fingerprint density at radius 1 is 1.31 bits per heavy atom. The molecule has 0 heterocycles. The summed E-state index contributed by atoms with van der Waals surface area (Å²) in [5.74, 6) is 0.807. The number of hydrogen-bond donors (Lipinski definition) is 2. The van der Waals surface area contributed by atoms with Gasteiger partial charge in [-0.3, -0.25) is 9.79 Å². The molecule has 2 rings (SSSR count). The summed E-state index contributed by atoms with van der Waals surface area (Å²) in [6.45, 7) is 7.98. The van der Waals surface area contributed by atoms with E-state index < -0.39 is 5.83 Å². The van der Waals surface area contributed by atoms with E-state index in [2.05, 4.69) is 24.2 Å². The molecule has 1 aromatic carbocycles. The molecule has 0 fully saturated rings. The molecule has 0 aromatic heterocycles. The third kappa shape index (κ3) is 8.37. The van der Waals surface area contributed by atoms with Crippen LogP contribution in [0.5, 0.6) is 0 Å². The molecule has 1 aromatic rings. The lowest BCUT2D eigenvalue weighted by Gasteiger charge is -2.15. The number of nitrogens with one attached hydrogen (secondary N) is 1. The lowest BCUT2D eigenvalue weighted by molar-refractivity contribution is 0.0954. The number of benzene rings is 1. The quantitative estimate of drug-likeness (QED) is 0.215. The van der Waals surface area contributed by atoms with Crippen molar-refractivity contribution in [3.8, 4) is 0 Å². The van der Waals surface area contributed by atoms with E-state index in [1.54, 1.807) is 30.3 Å². The van der Waals surface area contributed by atoms with Crippen LogP contribution in [-0.2, 0) is 4.74 Å². The minimum absolute atomic E-state index is 0.142. The summed E-state index contributed by atoms with van der Waals surface area (Å²) < 4.78 is 19.3. The summed E-state index contributed by atoms with van der Waals surface area (Å²) in [6, 6.07) is 5.71. The molecule has 0 aliphatic heterocycles. The number of hydrogen-bond acceptors (Lipinski definition) is 5. The SMILES string of the molecule is CC=N/C=C(\C(=C/C)CO)c1ccc(SCC(C)C)c(C(=O)NCC2=CCC=C(OC)C(F)=C2)c1. The number of rotatable bonds is 11. The number of methoxy groups -OCH3 is 1. The van der Waals surface area contributed by atoms with E-state index in [9.17, 15) is 14.3 Å². The standard InChI is InChI=1S/C28H35FN2O3S/c1-6-21(17-32)24(16-30-7-2)22-11-12-27(35-18-19(3)4)23(14-22)28(33)31-15-20-9-8-10-26(34-5)25(29)13-20/h6-7,9-14,16,19,32H,8,15,17-18H2,1-5H3,(H,31,33)/b21-6-,24-16+,30-7?. The molecule has 2 N–H and O–H groups in total. The molecule has 7 heteroatoms. The maximum absolute atomic E-state index is 14.3. The molecule has 35 heavy (non-hydrogen) atoms. The number of amides is 1. The Labute approximate surface area is 212 Å². The maximum atomic E-state index is 14.3. The van der Waals surface area contributed by atoms with E-state index in [1.165, 1.54) is 13.2 Å². The second-order valence-electron chi connectivity index (χ2n) is 8.30. The topological polar surface area (TPSA) is 70.9 Å². The van der Waals surface area contributed by atoms with Crippen molar-refractivity contribution in [1.82, 2.24) is 5.32 Å². The first-order chi connectivity index (χ1) is 16.8. The summed E-state index contributed by atoms with van der Waals surface area (Å²) in [6.07, 6.45) is 10.6. The zero-order valence-corrected chi connectivity index (χ0v) is 21.9. The van der Waals surface area contributed by atoms with E-state index in [4.69, 9.17) is 4.74 Å². The van der Waals surface area contributed by atoms with Gasteiger partial charge in [0.1, 0.15) is 0 Å². The summed E-state index contributed by atoms with van der Waals surface area (Å²) >= 11 is 1.62. The number of halogens is 1. The Hall–Kier alpha value is -2.90. The Bertz CT molecular complexity index is 1080. The van der Waals surface area contributed by atoms with Crippen LogP contribution in [0.4, 0.5) is 4.39 Å². The van der Waals surface area contributed by atoms with Crippen molar-refractivity contribution in [3.05, 3.63) is 82.6 Å². The van der Waals surface area contributed by atoms with Crippen molar-refractivity contribution >= 4 is 29.5 Å². The molecule has 5 nitrogen and oxygen atoms in total. The Morgan fingerprint density at radius 3 is 2.71 bits per heavy atom. The highest BCUT2D eigenvalue weighted by Crippen LogP contribution is 2.31. The van der Waals surface area contributed by atoms with Gasteiger partial charge in [-0.1, -0.05) is 32.1 Å². The molecule has 0 saturated heterocycles. The third-order valence-electron chi connectivity index (χ3n) is 5.23. The van der Waals surface area contributed by atoms with Crippen molar-refractivity contribution in [2.24, 2.45) is 10.9 Å². The summed E-state index contributed by atoms with van der Waals surface area (Å²) in [5.41, 5.74) is 3.45. The average Bonchev–Trinajstić information content (AvgIpc) is 3.04. The number of carbonyl (C=O) groups excluding carboxylic acids is 1. The van der Waals surface area contributed by atoms with Crippen LogP contribution in [0.2, 0.25) is 0 Å². The Morgan fingerprint density at radius 2 is 2.09 bits per heavy atom. The van der Waals surface area contributed by atoms with E-state index in [1.807, 2.05) is 44.2 Å². The molecule has 0 atom stereocenters. The van der Waals surface area contributed by atoms with Crippen molar-refractivity contribution in [2.45, 2.75) is 39.0 Å². The molecule has 0 spiro atoms. The van der Waals surface area contributed by atoms with Gasteiger partial charge in [0, 0.05) is 35.2 Å². The van der Waals surface area contributed by atoms with E-state index in [0.717, 1.165) is 27.4 Å². The van der Waals surface area contributed by atoms with Crippen molar-refractivity contribution < 1.29 is 19.0 Å². The molecular formula is C28H35FN2O3S.